The van der Waals surface area contributed by atoms with Crippen molar-refractivity contribution >= 4 is 40.3 Å². The summed E-state index contributed by atoms with van der Waals surface area (Å²) in [6.07, 6.45) is -5.08. The van der Waals surface area contributed by atoms with Gasteiger partial charge in [-0.1, -0.05) is 0 Å². The molecule has 0 spiro atoms. The van der Waals surface area contributed by atoms with E-state index in [4.69, 9.17) is 4.74 Å². The van der Waals surface area contributed by atoms with Crippen molar-refractivity contribution < 1.29 is 41.8 Å². The quantitative estimate of drug-likeness (QED) is 0.210. The van der Waals surface area contributed by atoms with Gasteiger partial charge in [0.2, 0.25) is 5.91 Å². The van der Waals surface area contributed by atoms with Gasteiger partial charge in [-0.2, -0.15) is 18.3 Å². The number of alkyl halides is 4. The molecule has 218 valence electrons. The highest BCUT2D eigenvalue weighted by Gasteiger charge is 2.32. The van der Waals surface area contributed by atoms with E-state index in [9.17, 15) is 37.1 Å². The molecule has 0 fully saturated rings. The Bertz CT molecular complexity index is 1490. The highest BCUT2D eigenvalue weighted by Crippen LogP contribution is 2.34. The molecule has 2 heterocycles. The Kier molecular flexibility index (Phi) is 8.59. The van der Waals surface area contributed by atoms with Gasteiger partial charge in [0.1, 0.15) is 11.9 Å². The zero-order chi connectivity index (χ0) is 29.7. The van der Waals surface area contributed by atoms with E-state index in [2.05, 4.69) is 36.5 Å². The summed E-state index contributed by atoms with van der Waals surface area (Å²) in [5.41, 5.74) is -0.208. The van der Waals surface area contributed by atoms with Crippen LogP contribution in [0.5, 0.6) is 5.75 Å². The SMILES string of the molecule is COc1cc(C(CC(=O)O)NC(=O)CNC(=O)c2cc(NC3=NCC(F)CN3)c3cn[nH]c3c2)cc(C(F)(F)F)c1. The average Bonchev–Trinajstić information content (AvgIpc) is 3.41. The topological polar surface area (TPSA) is 170 Å². The van der Waals surface area contributed by atoms with Crippen molar-refractivity contribution in [3.63, 3.8) is 0 Å². The van der Waals surface area contributed by atoms with Crippen molar-refractivity contribution in [3.8, 4) is 5.75 Å². The molecule has 2 unspecified atom stereocenters. The summed E-state index contributed by atoms with van der Waals surface area (Å²) in [6, 6.07) is 4.27. The maximum absolute atomic E-state index is 13.4. The van der Waals surface area contributed by atoms with Crippen molar-refractivity contribution in [2.75, 3.05) is 32.1 Å². The average molecular weight is 580 g/mol. The molecule has 0 radical (unpaired) electrons. The number of anilines is 1. The predicted molar refractivity (Wildman–Crippen MR) is 138 cm³/mol. The van der Waals surface area contributed by atoms with Gasteiger partial charge >= 0.3 is 12.1 Å². The van der Waals surface area contributed by atoms with Crippen molar-refractivity contribution in [1.29, 1.82) is 0 Å². The summed E-state index contributed by atoms with van der Waals surface area (Å²) in [7, 11) is 1.15. The molecule has 0 saturated heterocycles. The number of aliphatic imine (C=N–C) groups is 1. The summed E-state index contributed by atoms with van der Waals surface area (Å²) in [5.74, 6) is -2.77. The van der Waals surface area contributed by atoms with Crippen LogP contribution in [0.4, 0.5) is 23.2 Å². The number of aromatic amines is 1. The number of benzene rings is 2. The lowest BCUT2D eigenvalue weighted by Crippen LogP contribution is -2.41. The van der Waals surface area contributed by atoms with Gasteiger partial charge in [-0.15, -0.1) is 0 Å². The number of carboxylic acids is 1. The van der Waals surface area contributed by atoms with Crippen molar-refractivity contribution in [2.24, 2.45) is 4.99 Å². The molecule has 16 heteroatoms. The first kappa shape index (κ1) is 29.1. The lowest BCUT2D eigenvalue weighted by molar-refractivity contribution is -0.138. The van der Waals surface area contributed by atoms with Gasteiger partial charge in [-0.25, -0.2) is 9.38 Å². The number of aliphatic carboxylic acids is 1. The fourth-order valence-electron chi connectivity index (χ4n) is 4.05. The summed E-state index contributed by atoms with van der Waals surface area (Å²) < 4.78 is 58.3. The number of amides is 2. The first-order valence-electron chi connectivity index (χ1n) is 12.1. The van der Waals surface area contributed by atoms with Crippen LogP contribution in [0.15, 0.2) is 41.5 Å². The lowest BCUT2D eigenvalue weighted by atomic mass is 10.00. The molecule has 2 amide bonds. The molecule has 2 aromatic carbocycles. The molecule has 41 heavy (non-hydrogen) atoms. The molecule has 2 atom stereocenters. The molecule has 1 aliphatic rings. The minimum absolute atomic E-state index is 0.0324. The van der Waals surface area contributed by atoms with Crippen LogP contribution in [-0.4, -0.2) is 72.0 Å². The minimum atomic E-state index is -4.74. The molecule has 0 saturated carbocycles. The molecule has 4 rings (SSSR count). The number of fused-ring (bicyclic) bond motifs is 1. The number of nitrogens with one attached hydrogen (secondary N) is 5. The van der Waals surface area contributed by atoms with Crippen LogP contribution in [0.1, 0.15) is 33.9 Å². The molecule has 0 bridgehead atoms. The third-order valence-electron chi connectivity index (χ3n) is 6.03. The van der Waals surface area contributed by atoms with Crippen molar-refractivity contribution in [3.05, 3.63) is 53.2 Å². The fraction of sp³-hybridized carbons (Fsp3) is 0.320. The van der Waals surface area contributed by atoms with Crippen LogP contribution in [0.3, 0.4) is 0 Å². The summed E-state index contributed by atoms with van der Waals surface area (Å²) in [4.78, 5) is 41.0. The molecule has 1 aliphatic heterocycles. The molecular formula is C25H25F4N7O5. The summed E-state index contributed by atoms with van der Waals surface area (Å²) in [6.45, 7) is -0.581. The minimum Gasteiger partial charge on any atom is -0.497 e. The molecule has 0 aliphatic carbocycles. The summed E-state index contributed by atoms with van der Waals surface area (Å²) >= 11 is 0. The second kappa shape index (κ2) is 12.1. The van der Waals surface area contributed by atoms with Gasteiger partial charge in [-0.05, 0) is 35.9 Å². The number of carboxylic acid groups (broad SMARTS) is 1. The Morgan fingerprint density at radius 2 is 1.98 bits per heavy atom. The highest BCUT2D eigenvalue weighted by molar-refractivity contribution is 6.07. The number of methoxy groups -OCH3 is 1. The number of rotatable bonds is 9. The van der Waals surface area contributed by atoms with Gasteiger partial charge in [0, 0.05) is 10.9 Å². The Morgan fingerprint density at radius 3 is 2.63 bits per heavy atom. The Balaban J connectivity index is 1.47. The summed E-state index contributed by atoms with van der Waals surface area (Å²) in [5, 5.41) is 27.1. The second-order valence-electron chi connectivity index (χ2n) is 9.04. The first-order valence-corrected chi connectivity index (χ1v) is 12.1. The van der Waals surface area contributed by atoms with E-state index in [1.165, 1.54) is 24.4 Å². The van der Waals surface area contributed by atoms with E-state index < -0.39 is 54.7 Å². The van der Waals surface area contributed by atoms with E-state index in [0.29, 0.717) is 22.5 Å². The Labute approximate surface area is 229 Å². The van der Waals surface area contributed by atoms with E-state index in [0.717, 1.165) is 19.2 Å². The number of hydrogen-bond acceptors (Lipinski definition) is 8. The van der Waals surface area contributed by atoms with E-state index in [1.807, 2.05) is 0 Å². The lowest BCUT2D eigenvalue weighted by Gasteiger charge is -2.20. The number of H-pyrrole nitrogens is 1. The van der Waals surface area contributed by atoms with Crippen LogP contribution in [0.2, 0.25) is 0 Å². The largest absolute Gasteiger partial charge is 0.497 e. The van der Waals surface area contributed by atoms with E-state index >= 15 is 0 Å². The molecule has 1 aromatic heterocycles. The van der Waals surface area contributed by atoms with Gasteiger partial charge in [0.15, 0.2) is 5.96 Å². The number of guanidine groups is 1. The number of ether oxygens (including phenoxy) is 1. The van der Waals surface area contributed by atoms with Crippen LogP contribution in [0, 0.1) is 0 Å². The Morgan fingerprint density at radius 1 is 1.20 bits per heavy atom. The van der Waals surface area contributed by atoms with Gasteiger partial charge in [0.25, 0.3) is 5.91 Å². The maximum atomic E-state index is 13.4. The van der Waals surface area contributed by atoms with Crippen LogP contribution in [0.25, 0.3) is 10.9 Å². The zero-order valence-corrected chi connectivity index (χ0v) is 21.4. The third kappa shape index (κ3) is 7.40. The third-order valence-corrected chi connectivity index (χ3v) is 6.03. The number of carbonyl (C=O) groups excluding carboxylic acids is 2. The zero-order valence-electron chi connectivity index (χ0n) is 21.4. The van der Waals surface area contributed by atoms with Gasteiger partial charge < -0.3 is 31.1 Å². The number of carbonyl (C=O) groups is 3. The standard InChI is InChI=1S/C25H25F4N7O5/c1-41-16-3-12(2-14(6-16)25(27,28)29)18(7-22(38)39)34-21(37)11-30-23(40)13-4-19(17-10-33-36-20(17)5-13)35-24-31-8-15(26)9-32-24/h2-6,10,15,18H,7-9,11H2,1H3,(H,30,40)(H,33,36)(H,34,37)(H,38,39)(H2,31,32,35). The number of aromatic nitrogens is 2. The van der Waals surface area contributed by atoms with Gasteiger partial charge in [-0.3, -0.25) is 19.5 Å². The van der Waals surface area contributed by atoms with Crippen LogP contribution < -0.4 is 26.0 Å². The second-order valence-corrected chi connectivity index (χ2v) is 9.04. The highest BCUT2D eigenvalue weighted by atomic mass is 19.4. The van der Waals surface area contributed by atoms with E-state index in [-0.39, 0.29) is 30.0 Å². The van der Waals surface area contributed by atoms with Crippen LogP contribution in [-0.2, 0) is 15.8 Å². The molecular weight excluding hydrogens is 554 g/mol. The van der Waals surface area contributed by atoms with Crippen LogP contribution >= 0.6 is 0 Å². The predicted octanol–water partition coefficient (Wildman–Crippen LogP) is 2.36. The smallest absolute Gasteiger partial charge is 0.416 e. The van der Waals surface area contributed by atoms with Gasteiger partial charge in [0.05, 0.1) is 62.2 Å². The number of halogens is 4. The van der Waals surface area contributed by atoms with E-state index in [1.54, 1.807) is 0 Å². The Hall–Kier alpha value is -4.89. The molecule has 12 nitrogen and oxygen atoms in total. The monoisotopic (exact) mass is 579 g/mol. The molecule has 6 N–H and O–H groups in total. The number of hydrogen-bond donors (Lipinski definition) is 6. The van der Waals surface area contributed by atoms with Crippen molar-refractivity contribution in [1.82, 2.24) is 26.1 Å². The normalized spacial score (nSPS) is 15.8. The van der Waals surface area contributed by atoms with Crippen molar-refractivity contribution in [2.45, 2.75) is 24.8 Å². The maximum Gasteiger partial charge on any atom is 0.416 e. The first-order chi connectivity index (χ1) is 19.4. The number of nitrogens with zero attached hydrogens (tertiary/aromatic N) is 2. The molecule has 3 aromatic rings. The fourth-order valence-corrected chi connectivity index (χ4v) is 4.05.